The maximum absolute atomic E-state index is 5.57. The molecule has 0 saturated heterocycles. The van der Waals surface area contributed by atoms with E-state index in [0.717, 1.165) is 5.56 Å². The van der Waals surface area contributed by atoms with Crippen molar-refractivity contribution in [3.8, 4) is 12.3 Å². The maximum atomic E-state index is 5.57. The van der Waals surface area contributed by atoms with Crippen molar-refractivity contribution in [2.24, 2.45) is 11.3 Å². The van der Waals surface area contributed by atoms with E-state index in [4.69, 9.17) is 19.1 Å². The van der Waals surface area contributed by atoms with Crippen LogP contribution in [0, 0.1) is 23.7 Å². The van der Waals surface area contributed by atoms with Gasteiger partial charge in [-0.05, 0) is 60.3 Å². The molecule has 1 saturated carbocycles. The van der Waals surface area contributed by atoms with Crippen LogP contribution in [0.5, 0.6) is 0 Å². The number of fused-ring (bicyclic) bond motifs is 3. The Morgan fingerprint density at radius 3 is 2.84 bits per heavy atom. The van der Waals surface area contributed by atoms with Gasteiger partial charge < -0.3 is 0 Å². The van der Waals surface area contributed by atoms with Gasteiger partial charge in [-0.2, -0.15) is 12.6 Å². The van der Waals surface area contributed by atoms with Crippen molar-refractivity contribution in [3.63, 3.8) is 0 Å². The highest BCUT2D eigenvalue weighted by Gasteiger charge is 2.50. The van der Waals surface area contributed by atoms with E-state index >= 15 is 0 Å². The second kappa shape index (κ2) is 4.32. The summed E-state index contributed by atoms with van der Waals surface area (Å²) in [7, 11) is 0. The molecule has 0 radical (unpaired) electrons. The number of aryl methyl sites for hydroxylation is 1. The van der Waals surface area contributed by atoms with Crippen molar-refractivity contribution < 1.29 is 0 Å². The van der Waals surface area contributed by atoms with Gasteiger partial charge in [0, 0.05) is 10.3 Å². The van der Waals surface area contributed by atoms with Crippen molar-refractivity contribution in [1.29, 1.82) is 0 Å². The third kappa shape index (κ3) is 1.93. The fourth-order valence-electron chi connectivity index (χ4n) is 4.35. The average molecular weight is 270 g/mol. The normalized spacial score (nSPS) is 32.0. The molecule has 2 atom stereocenters. The Kier molecular flexibility index (Phi) is 2.98. The smallest absolute Gasteiger partial charge is 0.0414 e. The molecule has 0 heterocycles. The molecular formula is C18H22S. The van der Waals surface area contributed by atoms with E-state index in [-0.39, 0.29) is 4.75 Å². The minimum absolute atomic E-state index is 0.0300. The third-order valence-electron chi connectivity index (χ3n) is 5.34. The molecule has 1 aromatic rings. The van der Waals surface area contributed by atoms with Gasteiger partial charge in [0.15, 0.2) is 0 Å². The van der Waals surface area contributed by atoms with Gasteiger partial charge in [-0.1, -0.05) is 32.3 Å². The van der Waals surface area contributed by atoms with Crippen LogP contribution in [0.3, 0.4) is 0 Å². The van der Waals surface area contributed by atoms with Crippen LogP contribution in [0.2, 0.25) is 0 Å². The van der Waals surface area contributed by atoms with Gasteiger partial charge in [-0.15, -0.1) is 6.42 Å². The molecule has 0 aromatic heterocycles. The Hall–Kier alpha value is -0.870. The predicted octanol–water partition coefficient (Wildman–Crippen LogP) is 4.57. The number of terminal acetylenes is 1. The van der Waals surface area contributed by atoms with Crippen LogP contribution >= 0.6 is 12.6 Å². The lowest BCUT2D eigenvalue weighted by atomic mass is 9.57. The minimum atomic E-state index is 0.0300. The number of rotatable bonds is 0. The van der Waals surface area contributed by atoms with Crippen molar-refractivity contribution in [2.75, 3.05) is 0 Å². The summed E-state index contributed by atoms with van der Waals surface area (Å²) in [5.41, 5.74) is 4.26. The molecule has 2 aliphatic rings. The van der Waals surface area contributed by atoms with E-state index in [2.05, 4.69) is 38.0 Å². The quantitative estimate of drug-likeness (QED) is 0.518. The van der Waals surface area contributed by atoms with Crippen LogP contribution in [-0.4, -0.2) is 0 Å². The molecule has 0 bridgehead atoms. The molecular weight excluding hydrogens is 248 g/mol. The molecule has 100 valence electrons. The van der Waals surface area contributed by atoms with E-state index in [0.29, 0.717) is 11.3 Å². The first kappa shape index (κ1) is 13.1. The first-order valence-electron chi connectivity index (χ1n) is 7.30. The lowest BCUT2D eigenvalue weighted by molar-refractivity contribution is 0.0807. The van der Waals surface area contributed by atoms with Crippen molar-refractivity contribution >= 4 is 12.6 Å². The van der Waals surface area contributed by atoms with E-state index in [1.807, 2.05) is 0 Å². The van der Waals surface area contributed by atoms with Crippen LogP contribution in [0.4, 0.5) is 0 Å². The number of hydrogen-bond acceptors (Lipinski definition) is 1. The summed E-state index contributed by atoms with van der Waals surface area (Å²) in [6.45, 7) is 4.83. The van der Waals surface area contributed by atoms with E-state index in [1.54, 1.807) is 0 Å². The maximum Gasteiger partial charge on any atom is 0.0414 e. The molecule has 1 fully saturated rings. The molecule has 0 spiro atoms. The van der Waals surface area contributed by atoms with Crippen molar-refractivity contribution in [2.45, 2.75) is 50.7 Å². The van der Waals surface area contributed by atoms with E-state index in [1.165, 1.54) is 43.2 Å². The van der Waals surface area contributed by atoms with Crippen LogP contribution in [-0.2, 0) is 11.2 Å². The van der Waals surface area contributed by atoms with Gasteiger partial charge in [0.2, 0.25) is 0 Å². The minimum Gasteiger partial charge on any atom is -0.167 e. The topological polar surface area (TPSA) is 0 Å². The van der Waals surface area contributed by atoms with Crippen molar-refractivity contribution in [1.82, 2.24) is 0 Å². The largest absolute Gasteiger partial charge is 0.167 e. The van der Waals surface area contributed by atoms with Crippen LogP contribution in [0.25, 0.3) is 0 Å². The summed E-state index contributed by atoms with van der Waals surface area (Å²) in [6.07, 6.45) is 11.8. The Labute approximate surface area is 122 Å². The van der Waals surface area contributed by atoms with Gasteiger partial charge in [0.25, 0.3) is 0 Å². The van der Waals surface area contributed by atoms with Crippen LogP contribution in [0.15, 0.2) is 18.2 Å². The molecule has 0 amide bonds. The van der Waals surface area contributed by atoms with Crippen LogP contribution < -0.4 is 0 Å². The Morgan fingerprint density at radius 1 is 1.32 bits per heavy atom. The van der Waals surface area contributed by atoms with Gasteiger partial charge in [-0.25, -0.2) is 0 Å². The zero-order valence-electron chi connectivity index (χ0n) is 11.9. The SMILES string of the molecule is C#Cc1ccc2c(c1)C1(S)CCCC(C)(C)C1CC2. The molecule has 1 aromatic carbocycles. The zero-order valence-corrected chi connectivity index (χ0v) is 12.8. The second-order valence-corrected chi connectivity index (χ2v) is 7.67. The van der Waals surface area contributed by atoms with Crippen LogP contribution in [0.1, 0.15) is 56.2 Å². The molecule has 0 aliphatic heterocycles. The lowest BCUT2D eigenvalue weighted by Gasteiger charge is -2.53. The third-order valence-corrected chi connectivity index (χ3v) is 6.12. The number of benzene rings is 1. The number of thiol groups is 1. The van der Waals surface area contributed by atoms with Gasteiger partial charge in [0.05, 0.1) is 0 Å². The second-order valence-electron chi connectivity index (χ2n) is 6.87. The molecule has 2 unspecified atom stereocenters. The highest BCUT2D eigenvalue weighted by molar-refractivity contribution is 7.81. The Morgan fingerprint density at radius 2 is 2.11 bits per heavy atom. The van der Waals surface area contributed by atoms with Gasteiger partial charge in [-0.3, -0.25) is 0 Å². The molecule has 1 heteroatoms. The standard InChI is InChI=1S/C18H22S/c1-4-13-6-7-14-8-9-16-17(2,3)10-5-11-18(16,19)15(14)12-13/h1,6-7,12,16,19H,5,8-11H2,2-3H3. The summed E-state index contributed by atoms with van der Waals surface area (Å²) >= 11 is 5.19. The van der Waals surface area contributed by atoms with E-state index in [9.17, 15) is 0 Å². The fourth-order valence-corrected chi connectivity index (χ4v) is 5.19. The summed E-state index contributed by atoms with van der Waals surface area (Å²) in [6, 6.07) is 6.51. The highest BCUT2D eigenvalue weighted by atomic mass is 32.1. The highest BCUT2D eigenvalue weighted by Crippen LogP contribution is 2.59. The number of hydrogen-bond donors (Lipinski definition) is 1. The lowest BCUT2D eigenvalue weighted by Crippen LogP contribution is -2.46. The molecule has 0 nitrogen and oxygen atoms in total. The van der Waals surface area contributed by atoms with Gasteiger partial charge >= 0.3 is 0 Å². The molecule has 2 aliphatic carbocycles. The van der Waals surface area contributed by atoms with Gasteiger partial charge in [0.1, 0.15) is 0 Å². The average Bonchev–Trinajstić information content (AvgIpc) is 2.37. The summed E-state index contributed by atoms with van der Waals surface area (Å²) in [4.78, 5) is 0. The Balaban J connectivity index is 2.14. The summed E-state index contributed by atoms with van der Waals surface area (Å²) in [5.74, 6) is 3.44. The summed E-state index contributed by atoms with van der Waals surface area (Å²) in [5, 5.41) is 0. The van der Waals surface area contributed by atoms with E-state index < -0.39 is 0 Å². The Bertz CT molecular complexity index is 549. The van der Waals surface area contributed by atoms with Crippen molar-refractivity contribution in [3.05, 3.63) is 34.9 Å². The zero-order chi connectivity index (χ0) is 13.7. The predicted molar refractivity (Wildman–Crippen MR) is 84.5 cm³/mol. The summed E-state index contributed by atoms with van der Waals surface area (Å²) < 4.78 is 0.0300. The first-order valence-corrected chi connectivity index (χ1v) is 7.74. The monoisotopic (exact) mass is 270 g/mol. The molecule has 19 heavy (non-hydrogen) atoms. The first-order chi connectivity index (χ1) is 8.97. The molecule has 3 rings (SSSR count). The molecule has 0 N–H and O–H groups in total. The fraction of sp³-hybridized carbons (Fsp3) is 0.556.